The third-order valence-electron chi connectivity index (χ3n) is 4.86. The number of aryl methyl sites for hydroxylation is 1. The van der Waals surface area contributed by atoms with Crippen molar-refractivity contribution in [3.05, 3.63) is 29.9 Å². The van der Waals surface area contributed by atoms with Crippen LogP contribution in [-0.4, -0.2) is 58.8 Å². The highest BCUT2D eigenvalue weighted by molar-refractivity contribution is 7.98. The maximum Gasteiger partial charge on any atom is 0.410 e. The highest BCUT2D eigenvalue weighted by Gasteiger charge is 2.27. The van der Waals surface area contributed by atoms with E-state index in [1.165, 1.54) is 17.8 Å². The number of aromatic nitrogens is 2. The second kappa shape index (κ2) is 10.5. The average molecular weight is 452 g/mol. The quantitative estimate of drug-likeness (QED) is 0.435. The summed E-state index contributed by atoms with van der Waals surface area (Å²) in [6, 6.07) is 4.93. The normalized spacial score (nSPS) is 15.3. The van der Waals surface area contributed by atoms with E-state index in [4.69, 9.17) is 14.0 Å². The van der Waals surface area contributed by atoms with Gasteiger partial charge in [0.05, 0.1) is 6.10 Å². The lowest BCUT2D eigenvalue weighted by Gasteiger charge is -2.33. The Labute approximate surface area is 186 Å². The van der Waals surface area contributed by atoms with E-state index in [1.54, 1.807) is 17.0 Å². The fourth-order valence-electron chi connectivity index (χ4n) is 3.28. The summed E-state index contributed by atoms with van der Waals surface area (Å²) in [5, 5.41) is 3.95. The largest absolute Gasteiger partial charge is 0.444 e. The summed E-state index contributed by atoms with van der Waals surface area (Å²) in [7, 11) is 0. The van der Waals surface area contributed by atoms with Gasteiger partial charge in [0.25, 0.3) is 0 Å². The third kappa shape index (κ3) is 6.93. The zero-order chi connectivity index (χ0) is 22.4. The third-order valence-corrected chi connectivity index (χ3v) is 5.63. The fourth-order valence-corrected chi connectivity index (χ4v) is 3.74. The predicted octanol–water partition coefficient (Wildman–Crippen LogP) is 4.95. The van der Waals surface area contributed by atoms with Crippen LogP contribution in [0.4, 0.5) is 9.18 Å². The number of piperidine rings is 1. The van der Waals surface area contributed by atoms with E-state index in [9.17, 15) is 9.18 Å². The molecule has 1 aromatic heterocycles. The van der Waals surface area contributed by atoms with E-state index in [0.717, 1.165) is 19.3 Å². The highest BCUT2D eigenvalue weighted by Crippen LogP contribution is 2.25. The molecule has 3 rings (SSSR count). The molecular weight excluding hydrogens is 421 g/mol. The van der Waals surface area contributed by atoms with Crippen molar-refractivity contribution in [1.29, 1.82) is 0 Å². The van der Waals surface area contributed by atoms with Crippen LogP contribution in [0, 0.1) is 5.82 Å². The van der Waals surface area contributed by atoms with Gasteiger partial charge in [-0.15, -0.1) is 11.8 Å². The van der Waals surface area contributed by atoms with Gasteiger partial charge in [0.15, 0.2) is 0 Å². The van der Waals surface area contributed by atoms with E-state index in [0.29, 0.717) is 48.3 Å². The van der Waals surface area contributed by atoms with Crippen molar-refractivity contribution in [2.45, 2.75) is 63.1 Å². The van der Waals surface area contributed by atoms with Gasteiger partial charge in [-0.05, 0) is 64.5 Å². The Morgan fingerprint density at radius 1 is 1.32 bits per heavy atom. The molecular formula is C22H30FN3O4S. The number of likely N-dealkylation sites (tertiary alicyclic amines) is 1. The number of hydrogen-bond acceptors (Lipinski definition) is 7. The summed E-state index contributed by atoms with van der Waals surface area (Å²) in [6.07, 6.45) is 4.62. The molecule has 1 amide bonds. The van der Waals surface area contributed by atoms with Gasteiger partial charge in [0, 0.05) is 36.6 Å². The summed E-state index contributed by atoms with van der Waals surface area (Å²) in [6.45, 7) is 7.45. The molecule has 0 bridgehead atoms. The van der Waals surface area contributed by atoms with Crippen LogP contribution in [0.15, 0.2) is 27.6 Å². The van der Waals surface area contributed by atoms with Crippen molar-refractivity contribution < 1.29 is 23.2 Å². The number of nitrogens with zero attached hydrogens (tertiary/aromatic N) is 3. The number of carbonyl (C=O) groups is 1. The van der Waals surface area contributed by atoms with Crippen LogP contribution in [0.25, 0.3) is 11.4 Å². The molecule has 1 aliphatic heterocycles. The number of benzene rings is 1. The van der Waals surface area contributed by atoms with Crippen molar-refractivity contribution >= 4 is 17.9 Å². The molecule has 1 fully saturated rings. The van der Waals surface area contributed by atoms with E-state index in [2.05, 4.69) is 10.1 Å². The lowest BCUT2D eigenvalue weighted by molar-refractivity contribution is -0.0120. The maximum absolute atomic E-state index is 14.0. The van der Waals surface area contributed by atoms with Gasteiger partial charge >= 0.3 is 6.09 Å². The molecule has 7 nitrogen and oxygen atoms in total. The number of amides is 1. The molecule has 0 aliphatic carbocycles. The Kier molecular flexibility index (Phi) is 7.94. The highest BCUT2D eigenvalue weighted by atomic mass is 32.2. The summed E-state index contributed by atoms with van der Waals surface area (Å²) in [5.41, 5.74) is 0.115. The van der Waals surface area contributed by atoms with E-state index >= 15 is 0 Å². The summed E-state index contributed by atoms with van der Waals surface area (Å²) >= 11 is 1.35. The first-order valence-corrected chi connectivity index (χ1v) is 11.7. The van der Waals surface area contributed by atoms with Crippen LogP contribution in [0.2, 0.25) is 0 Å². The Morgan fingerprint density at radius 3 is 2.71 bits per heavy atom. The van der Waals surface area contributed by atoms with Crippen LogP contribution in [-0.2, 0) is 15.9 Å². The smallest absolute Gasteiger partial charge is 0.410 e. The molecule has 2 heterocycles. The predicted molar refractivity (Wildman–Crippen MR) is 117 cm³/mol. The van der Waals surface area contributed by atoms with Gasteiger partial charge in [-0.2, -0.15) is 4.98 Å². The molecule has 31 heavy (non-hydrogen) atoms. The second-order valence-corrected chi connectivity index (χ2v) is 9.35. The van der Waals surface area contributed by atoms with Crippen LogP contribution in [0.3, 0.4) is 0 Å². The molecule has 2 aromatic rings. The molecule has 0 atom stereocenters. The van der Waals surface area contributed by atoms with E-state index < -0.39 is 5.60 Å². The molecule has 0 radical (unpaired) electrons. The van der Waals surface area contributed by atoms with Crippen molar-refractivity contribution in [3.63, 3.8) is 0 Å². The SMILES string of the molecule is CSc1ccc(-c2noc(CCCOC3CCN(C(=O)OC(C)(C)C)CC3)n2)cc1F. The first-order valence-electron chi connectivity index (χ1n) is 10.5. The Balaban J connectivity index is 1.37. The number of carbonyl (C=O) groups excluding carboxylic acids is 1. The molecule has 0 unspecified atom stereocenters. The minimum Gasteiger partial charge on any atom is -0.444 e. The zero-order valence-corrected chi connectivity index (χ0v) is 19.3. The summed E-state index contributed by atoms with van der Waals surface area (Å²) in [4.78, 5) is 18.8. The first kappa shape index (κ1) is 23.5. The summed E-state index contributed by atoms with van der Waals surface area (Å²) in [5.74, 6) is 0.604. The number of rotatable bonds is 7. The van der Waals surface area contributed by atoms with Gasteiger partial charge in [-0.25, -0.2) is 9.18 Å². The fraction of sp³-hybridized carbons (Fsp3) is 0.591. The Hall–Kier alpha value is -2.13. The molecule has 1 saturated heterocycles. The topological polar surface area (TPSA) is 77.7 Å². The van der Waals surface area contributed by atoms with Crippen molar-refractivity contribution in [3.8, 4) is 11.4 Å². The second-order valence-electron chi connectivity index (χ2n) is 8.50. The zero-order valence-electron chi connectivity index (χ0n) is 18.5. The van der Waals surface area contributed by atoms with Gasteiger partial charge in [0.2, 0.25) is 11.7 Å². The molecule has 1 aromatic carbocycles. The van der Waals surface area contributed by atoms with Crippen LogP contribution in [0.5, 0.6) is 0 Å². The summed E-state index contributed by atoms with van der Waals surface area (Å²) < 4.78 is 30.6. The van der Waals surface area contributed by atoms with Crippen molar-refractivity contribution in [2.24, 2.45) is 0 Å². The Morgan fingerprint density at radius 2 is 2.06 bits per heavy atom. The molecule has 9 heteroatoms. The maximum atomic E-state index is 14.0. The first-order chi connectivity index (χ1) is 14.7. The van der Waals surface area contributed by atoms with Crippen molar-refractivity contribution in [2.75, 3.05) is 26.0 Å². The number of thioether (sulfide) groups is 1. The van der Waals surface area contributed by atoms with E-state index in [-0.39, 0.29) is 18.0 Å². The lowest BCUT2D eigenvalue weighted by atomic mass is 10.1. The average Bonchev–Trinajstić information content (AvgIpc) is 3.19. The molecule has 0 N–H and O–H groups in total. The van der Waals surface area contributed by atoms with Gasteiger partial charge in [-0.1, -0.05) is 5.16 Å². The number of halogens is 1. The van der Waals surface area contributed by atoms with Crippen LogP contribution in [0.1, 0.15) is 45.9 Å². The van der Waals surface area contributed by atoms with Crippen LogP contribution >= 0.6 is 11.8 Å². The van der Waals surface area contributed by atoms with E-state index in [1.807, 2.05) is 27.0 Å². The minimum absolute atomic E-state index is 0.134. The monoisotopic (exact) mass is 451 g/mol. The van der Waals surface area contributed by atoms with Crippen LogP contribution < -0.4 is 0 Å². The molecule has 1 aliphatic rings. The van der Waals surface area contributed by atoms with Crippen molar-refractivity contribution in [1.82, 2.24) is 15.0 Å². The lowest BCUT2D eigenvalue weighted by Crippen LogP contribution is -2.43. The van der Waals surface area contributed by atoms with Gasteiger partial charge in [-0.3, -0.25) is 0 Å². The number of hydrogen-bond donors (Lipinski definition) is 0. The van der Waals surface area contributed by atoms with Gasteiger partial charge < -0.3 is 18.9 Å². The Bertz CT molecular complexity index is 876. The molecule has 0 saturated carbocycles. The molecule has 0 spiro atoms. The minimum atomic E-state index is -0.481. The molecule has 170 valence electrons. The van der Waals surface area contributed by atoms with Gasteiger partial charge in [0.1, 0.15) is 11.4 Å². The number of ether oxygens (including phenoxy) is 2. The standard InChI is InChI=1S/C22H30FN3O4S/c1-22(2,3)29-21(27)26-11-9-16(10-12-26)28-13-5-6-19-24-20(25-30-19)15-7-8-18(31-4)17(23)14-15/h7-8,14,16H,5-6,9-13H2,1-4H3.